The summed E-state index contributed by atoms with van der Waals surface area (Å²) in [5.74, 6) is -1.40. The van der Waals surface area contributed by atoms with E-state index in [1.165, 1.54) is 12.0 Å². The fourth-order valence-corrected chi connectivity index (χ4v) is 4.75. The number of benzene rings is 1. The molecule has 4 atom stereocenters. The molecule has 4 heterocycles. The Hall–Kier alpha value is -1.74. The van der Waals surface area contributed by atoms with Gasteiger partial charge in [0.05, 0.1) is 44.0 Å². The number of fused-ring (bicyclic) bond motifs is 5. The molecule has 136 valence electrons. The van der Waals surface area contributed by atoms with Gasteiger partial charge in [-0.05, 0) is 24.3 Å². The lowest BCUT2D eigenvalue weighted by atomic mass is 9.76. The normalized spacial score (nSPS) is 35.6. The second kappa shape index (κ2) is 5.63. The zero-order chi connectivity index (χ0) is 18.1. The van der Waals surface area contributed by atoms with E-state index in [9.17, 15) is 9.59 Å². The summed E-state index contributed by atoms with van der Waals surface area (Å²) in [6.45, 7) is 0.883. The predicted octanol–water partition coefficient (Wildman–Crippen LogP) is 1.64. The van der Waals surface area contributed by atoms with Gasteiger partial charge in [0.1, 0.15) is 5.75 Å². The zero-order valence-electron chi connectivity index (χ0n) is 13.9. The van der Waals surface area contributed by atoms with Gasteiger partial charge in [0.2, 0.25) is 11.8 Å². The average Bonchev–Trinajstić information content (AvgIpc) is 3.38. The van der Waals surface area contributed by atoms with Crippen LogP contribution in [0.15, 0.2) is 34.8 Å². The van der Waals surface area contributed by atoms with Crippen LogP contribution in [-0.4, -0.2) is 50.1 Å². The highest BCUT2D eigenvalue weighted by atomic mass is 79.9. The van der Waals surface area contributed by atoms with Crippen molar-refractivity contribution in [2.45, 2.75) is 18.0 Å². The smallest absolute Gasteiger partial charge is 0.241 e. The summed E-state index contributed by atoms with van der Waals surface area (Å²) in [6, 6.07) is 5.22. The summed E-state index contributed by atoms with van der Waals surface area (Å²) in [6.07, 6.45) is 2.52. The molecule has 4 aliphatic rings. The van der Waals surface area contributed by atoms with Crippen LogP contribution in [0.5, 0.6) is 5.75 Å². The van der Waals surface area contributed by atoms with Gasteiger partial charge in [-0.3, -0.25) is 9.59 Å². The Morgan fingerprint density at radius 1 is 1.23 bits per heavy atom. The molecule has 26 heavy (non-hydrogen) atoms. The quantitative estimate of drug-likeness (QED) is 0.545. The van der Waals surface area contributed by atoms with Crippen LogP contribution < -0.4 is 9.64 Å². The molecule has 0 unspecified atom stereocenters. The molecule has 8 heteroatoms. The molecule has 5 rings (SSSR count). The van der Waals surface area contributed by atoms with Crippen LogP contribution in [0.4, 0.5) is 5.69 Å². The number of methoxy groups -OCH3 is 1. The number of halogens is 1. The molecule has 4 aliphatic heterocycles. The van der Waals surface area contributed by atoms with Gasteiger partial charge in [-0.15, -0.1) is 0 Å². The molecular weight excluding hydrogens is 406 g/mol. The van der Waals surface area contributed by atoms with E-state index in [4.69, 9.17) is 18.9 Å². The molecule has 1 aromatic rings. The molecule has 2 bridgehead atoms. The minimum absolute atomic E-state index is 0.286. The number of hydrogen-bond donors (Lipinski definition) is 0. The Labute approximate surface area is 158 Å². The summed E-state index contributed by atoms with van der Waals surface area (Å²) >= 11 is 3.39. The first-order valence-electron chi connectivity index (χ1n) is 8.38. The van der Waals surface area contributed by atoms with Gasteiger partial charge >= 0.3 is 0 Å². The minimum Gasteiger partial charge on any atom is -0.495 e. The zero-order valence-corrected chi connectivity index (χ0v) is 15.5. The molecule has 0 aromatic heterocycles. The number of nitrogens with zero attached hydrogens (tertiary/aromatic N) is 1. The third-order valence-corrected chi connectivity index (χ3v) is 5.94. The van der Waals surface area contributed by atoms with Gasteiger partial charge < -0.3 is 18.9 Å². The highest BCUT2D eigenvalue weighted by Crippen LogP contribution is 2.55. The van der Waals surface area contributed by atoms with Crippen LogP contribution >= 0.6 is 15.9 Å². The third-order valence-electron chi connectivity index (χ3n) is 5.45. The Bertz CT molecular complexity index is 835. The van der Waals surface area contributed by atoms with Crippen molar-refractivity contribution in [1.82, 2.24) is 0 Å². The molecule has 1 aromatic carbocycles. The van der Waals surface area contributed by atoms with Crippen molar-refractivity contribution in [1.29, 1.82) is 0 Å². The molecule has 7 nitrogen and oxygen atoms in total. The number of imide groups is 1. The van der Waals surface area contributed by atoms with Crippen molar-refractivity contribution in [2.24, 2.45) is 11.8 Å². The largest absolute Gasteiger partial charge is 0.495 e. The number of anilines is 1. The van der Waals surface area contributed by atoms with Crippen molar-refractivity contribution >= 4 is 33.4 Å². The minimum atomic E-state index is -1.05. The van der Waals surface area contributed by atoms with Gasteiger partial charge in [-0.2, -0.15) is 0 Å². The van der Waals surface area contributed by atoms with E-state index in [2.05, 4.69) is 15.9 Å². The number of ether oxygens (including phenoxy) is 4. The number of amides is 2. The molecule has 3 fully saturated rings. The van der Waals surface area contributed by atoms with Crippen molar-refractivity contribution < 1.29 is 28.5 Å². The van der Waals surface area contributed by atoms with Gasteiger partial charge in [-0.25, -0.2) is 4.90 Å². The molecular formula is C18H16BrNO6. The van der Waals surface area contributed by atoms with E-state index in [0.717, 1.165) is 4.47 Å². The highest BCUT2D eigenvalue weighted by Gasteiger charge is 2.71. The summed E-state index contributed by atoms with van der Waals surface area (Å²) in [4.78, 5) is 27.7. The lowest BCUT2D eigenvalue weighted by molar-refractivity contribution is -0.180. The maximum atomic E-state index is 13.3. The van der Waals surface area contributed by atoms with Crippen molar-refractivity contribution in [2.75, 3.05) is 25.2 Å². The van der Waals surface area contributed by atoms with Crippen LogP contribution in [0.2, 0.25) is 0 Å². The molecule has 3 saturated heterocycles. The monoisotopic (exact) mass is 421 g/mol. The predicted molar refractivity (Wildman–Crippen MR) is 92.6 cm³/mol. The van der Waals surface area contributed by atoms with Gasteiger partial charge in [-0.1, -0.05) is 22.0 Å². The molecule has 0 N–H and O–H groups in total. The third kappa shape index (κ3) is 1.98. The maximum Gasteiger partial charge on any atom is 0.241 e. The first-order chi connectivity index (χ1) is 12.6. The Morgan fingerprint density at radius 3 is 2.73 bits per heavy atom. The van der Waals surface area contributed by atoms with E-state index in [1.54, 1.807) is 18.2 Å². The van der Waals surface area contributed by atoms with E-state index in [0.29, 0.717) is 24.7 Å². The fraction of sp³-hybridized carbons (Fsp3) is 0.444. The maximum absolute atomic E-state index is 13.3. The second-order valence-electron chi connectivity index (χ2n) is 6.70. The summed E-state index contributed by atoms with van der Waals surface area (Å²) < 4.78 is 23.4. The van der Waals surface area contributed by atoms with Gasteiger partial charge in [0, 0.05) is 4.47 Å². The average molecular weight is 422 g/mol. The van der Waals surface area contributed by atoms with E-state index < -0.39 is 29.8 Å². The number of carbonyl (C=O) groups excluding carboxylic acids is 2. The molecule has 2 amide bonds. The summed E-state index contributed by atoms with van der Waals surface area (Å²) in [5, 5.41) is 0. The van der Waals surface area contributed by atoms with Crippen molar-refractivity contribution in [3.05, 3.63) is 34.8 Å². The van der Waals surface area contributed by atoms with Crippen molar-refractivity contribution in [3.63, 3.8) is 0 Å². The lowest BCUT2D eigenvalue weighted by Crippen LogP contribution is -2.49. The second-order valence-corrected chi connectivity index (χ2v) is 7.62. The number of rotatable bonds is 3. The standard InChI is InChI=1S/C18H16BrNO6/c1-23-11-3-2-9(19)8-10(11)20-15(21)13-12-4-5-18(26-12,14(13)16(20)22)17-24-6-7-25-17/h2-5,8,12-14,17H,6-7H2,1H3/t12-,13+,14-,18-/m1/s1. The van der Waals surface area contributed by atoms with Gasteiger partial charge in [0.25, 0.3) is 0 Å². The highest BCUT2D eigenvalue weighted by molar-refractivity contribution is 9.10. The summed E-state index contributed by atoms with van der Waals surface area (Å²) in [5.41, 5.74) is -0.624. The number of carbonyl (C=O) groups is 2. The first kappa shape index (κ1) is 16.4. The van der Waals surface area contributed by atoms with Crippen LogP contribution in [0, 0.1) is 11.8 Å². The van der Waals surface area contributed by atoms with E-state index >= 15 is 0 Å². The number of hydrogen-bond acceptors (Lipinski definition) is 6. The molecule has 0 aliphatic carbocycles. The lowest BCUT2D eigenvalue weighted by Gasteiger charge is -2.32. The molecule has 0 saturated carbocycles. The molecule has 0 radical (unpaired) electrons. The first-order valence-corrected chi connectivity index (χ1v) is 9.18. The Kier molecular flexibility index (Phi) is 3.56. The van der Waals surface area contributed by atoms with E-state index in [-0.39, 0.29) is 11.8 Å². The van der Waals surface area contributed by atoms with Crippen LogP contribution in [0.1, 0.15) is 0 Å². The van der Waals surface area contributed by atoms with Crippen LogP contribution in [0.3, 0.4) is 0 Å². The van der Waals surface area contributed by atoms with Crippen LogP contribution in [0.25, 0.3) is 0 Å². The van der Waals surface area contributed by atoms with Crippen LogP contribution in [-0.2, 0) is 23.8 Å². The SMILES string of the molecule is COc1ccc(Br)cc1N1C(=O)[C@H]2[C@H]3C=C[C@@](C4OCCO4)(O3)[C@H]2C1=O. The Balaban J connectivity index is 1.59. The van der Waals surface area contributed by atoms with Crippen molar-refractivity contribution in [3.8, 4) is 5.75 Å². The fourth-order valence-electron chi connectivity index (χ4n) is 4.40. The topological polar surface area (TPSA) is 74.3 Å². The summed E-state index contributed by atoms with van der Waals surface area (Å²) in [7, 11) is 1.51. The van der Waals surface area contributed by atoms with E-state index in [1.807, 2.05) is 12.2 Å². The molecule has 0 spiro atoms. The Morgan fingerprint density at radius 2 is 2.00 bits per heavy atom. The van der Waals surface area contributed by atoms with Gasteiger partial charge in [0.15, 0.2) is 11.9 Å².